The summed E-state index contributed by atoms with van der Waals surface area (Å²) in [5, 5.41) is 9.85. The first kappa shape index (κ1) is 13.3. The van der Waals surface area contributed by atoms with Crippen LogP contribution in [0.15, 0.2) is 0 Å². The highest BCUT2D eigenvalue weighted by atomic mass is 32.2. The Bertz CT molecular complexity index is 385. The van der Waals surface area contributed by atoms with E-state index in [-0.39, 0.29) is 23.0 Å². The highest BCUT2D eigenvalue weighted by molar-refractivity contribution is 7.91. The zero-order valence-electron chi connectivity index (χ0n) is 10.9. The Morgan fingerprint density at radius 3 is 2.29 bits per heavy atom. The maximum atomic E-state index is 11.5. The second kappa shape index (κ2) is 4.21. The van der Waals surface area contributed by atoms with Crippen LogP contribution in [0.5, 0.6) is 0 Å². The maximum absolute atomic E-state index is 11.5. The molecule has 2 fully saturated rings. The predicted octanol–water partition coefficient (Wildman–Crippen LogP) is 0.512. The van der Waals surface area contributed by atoms with Crippen LogP contribution in [0.2, 0.25) is 0 Å². The SMILES string of the molecule is CC(C)(C)C1CCN(C2CS(=O)(=O)CC2O)C1. The number of hydrogen-bond donors (Lipinski definition) is 1. The Kier molecular flexibility index (Phi) is 3.30. The van der Waals surface area contributed by atoms with E-state index in [0.29, 0.717) is 5.92 Å². The molecule has 0 aromatic rings. The van der Waals surface area contributed by atoms with Crippen LogP contribution >= 0.6 is 0 Å². The second-order valence-electron chi connectivity index (χ2n) is 6.56. The van der Waals surface area contributed by atoms with Crippen LogP contribution in [-0.2, 0) is 9.84 Å². The van der Waals surface area contributed by atoms with E-state index >= 15 is 0 Å². The van der Waals surface area contributed by atoms with E-state index in [1.807, 2.05) is 0 Å². The van der Waals surface area contributed by atoms with E-state index in [1.165, 1.54) is 0 Å². The van der Waals surface area contributed by atoms with Crippen molar-refractivity contribution in [2.45, 2.75) is 39.3 Å². The van der Waals surface area contributed by atoms with Gasteiger partial charge < -0.3 is 5.11 Å². The van der Waals surface area contributed by atoms with Crippen molar-refractivity contribution in [1.82, 2.24) is 4.90 Å². The number of likely N-dealkylation sites (tertiary alicyclic amines) is 1. The minimum Gasteiger partial charge on any atom is -0.390 e. The lowest BCUT2D eigenvalue weighted by Crippen LogP contribution is -2.42. The molecule has 2 saturated heterocycles. The summed E-state index contributed by atoms with van der Waals surface area (Å²) in [5.41, 5.74) is 0.261. The first-order valence-corrected chi connectivity index (χ1v) is 8.14. The van der Waals surface area contributed by atoms with Crippen molar-refractivity contribution in [3.05, 3.63) is 0 Å². The predicted molar refractivity (Wildman–Crippen MR) is 67.6 cm³/mol. The topological polar surface area (TPSA) is 57.6 Å². The summed E-state index contributed by atoms with van der Waals surface area (Å²) >= 11 is 0. The van der Waals surface area contributed by atoms with Crippen LogP contribution < -0.4 is 0 Å². The van der Waals surface area contributed by atoms with E-state index in [0.717, 1.165) is 19.5 Å². The van der Waals surface area contributed by atoms with Gasteiger partial charge in [0.15, 0.2) is 9.84 Å². The fraction of sp³-hybridized carbons (Fsp3) is 1.00. The molecule has 2 rings (SSSR count). The molecule has 3 unspecified atom stereocenters. The van der Waals surface area contributed by atoms with Crippen molar-refractivity contribution in [1.29, 1.82) is 0 Å². The summed E-state index contributed by atoms with van der Waals surface area (Å²) in [6.45, 7) is 8.51. The fourth-order valence-electron chi connectivity index (χ4n) is 2.95. The Balaban J connectivity index is 2.02. The van der Waals surface area contributed by atoms with E-state index in [2.05, 4.69) is 25.7 Å². The van der Waals surface area contributed by atoms with Gasteiger partial charge in [0.25, 0.3) is 0 Å². The first-order chi connectivity index (χ1) is 7.69. The lowest BCUT2D eigenvalue weighted by Gasteiger charge is -2.29. The van der Waals surface area contributed by atoms with Crippen LogP contribution in [0, 0.1) is 11.3 Å². The molecular weight excluding hydrogens is 238 g/mol. The van der Waals surface area contributed by atoms with Crippen LogP contribution in [0.3, 0.4) is 0 Å². The summed E-state index contributed by atoms with van der Waals surface area (Å²) in [7, 11) is -3.03. The van der Waals surface area contributed by atoms with Crippen LogP contribution in [-0.4, -0.2) is 55.2 Å². The number of sulfone groups is 1. The van der Waals surface area contributed by atoms with Crippen molar-refractivity contribution in [2.75, 3.05) is 24.6 Å². The Labute approximate surface area is 104 Å². The van der Waals surface area contributed by atoms with Gasteiger partial charge in [0.05, 0.1) is 23.7 Å². The van der Waals surface area contributed by atoms with Gasteiger partial charge in [-0.2, -0.15) is 0 Å². The molecule has 2 aliphatic rings. The fourth-order valence-corrected chi connectivity index (χ4v) is 4.79. The maximum Gasteiger partial charge on any atom is 0.154 e. The molecule has 0 bridgehead atoms. The number of aliphatic hydroxyl groups is 1. The van der Waals surface area contributed by atoms with Gasteiger partial charge in [0.2, 0.25) is 0 Å². The van der Waals surface area contributed by atoms with Gasteiger partial charge in [-0.05, 0) is 24.3 Å². The average Bonchev–Trinajstić information content (AvgIpc) is 2.68. The zero-order chi connectivity index (χ0) is 12.8. The Morgan fingerprint density at radius 1 is 1.24 bits per heavy atom. The number of rotatable bonds is 1. The Morgan fingerprint density at radius 2 is 1.88 bits per heavy atom. The number of aliphatic hydroxyl groups excluding tert-OH is 1. The smallest absolute Gasteiger partial charge is 0.154 e. The lowest BCUT2D eigenvalue weighted by atomic mass is 9.80. The molecule has 4 nitrogen and oxygen atoms in total. The molecule has 0 amide bonds. The number of nitrogens with zero attached hydrogens (tertiary/aromatic N) is 1. The summed E-state index contributed by atoms with van der Waals surface area (Å²) in [5.74, 6) is 0.664. The van der Waals surface area contributed by atoms with E-state index in [1.54, 1.807) is 0 Å². The molecule has 1 N–H and O–H groups in total. The van der Waals surface area contributed by atoms with Gasteiger partial charge in [-0.15, -0.1) is 0 Å². The lowest BCUT2D eigenvalue weighted by molar-refractivity contribution is 0.0910. The molecule has 100 valence electrons. The van der Waals surface area contributed by atoms with Crippen molar-refractivity contribution < 1.29 is 13.5 Å². The van der Waals surface area contributed by atoms with E-state index in [9.17, 15) is 13.5 Å². The molecule has 2 heterocycles. The molecule has 17 heavy (non-hydrogen) atoms. The highest BCUT2D eigenvalue weighted by Crippen LogP contribution is 2.35. The molecule has 0 radical (unpaired) electrons. The molecule has 3 atom stereocenters. The van der Waals surface area contributed by atoms with Gasteiger partial charge >= 0.3 is 0 Å². The van der Waals surface area contributed by atoms with Gasteiger partial charge in [0, 0.05) is 6.54 Å². The monoisotopic (exact) mass is 261 g/mol. The molecule has 0 saturated carbocycles. The third-order valence-corrected chi connectivity index (χ3v) is 5.91. The quantitative estimate of drug-likeness (QED) is 0.747. The van der Waals surface area contributed by atoms with Gasteiger partial charge in [0.1, 0.15) is 0 Å². The average molecular weight is 261 g/mol. The van der Waals surface area contributed by atoms with Gasteiger partial charge in [-0.25, -0.2) is 8.42 Å². The third kappa shape index (κ3) is 2.83. The largest absolute Gasteiger partial charge is 0.390 e. The minimum atomic E-state index is -3.03. The summed E-state index contributed by atoms with van der Waals surface area (Å²) in [6.07, 6.45) is 0.408. The highest BCUT2D eigenvalue weighted by Gasteiger charge is 2.43. The summed E-state index contributed by atoms with van der Waals surface area (Å²) < 4.78 is 23.0. The van der Waals surface area contributed by atoms with Gasteiger partial charge in [-0.3, -0.25) is 4.90 Å². The molecule has 0 aliphatic carbocycles. The van der Waals surface area contributed by atoms with Crippen LogP contribution in [0.4, 0.5) is 0 Å². The van der Waals surface area contributed by atoms with E-state index in [4.69, 9.17) is 0 Å². The molecule has 2 aliphatic heterocycles. The second-order valence-corrected chi connectivity index (χ2v) is 8.71. The molecule has 5 heteroatoms. The van der Waals surface area contributed by atoms with Crippen LogP contribution in [0.1, 0.15) is 27.2 Å². The molecule has 0 spiro atoms. The van der Waals surface area contributed by atoms with Crippen molar-refractivity contribution in [2.24, 2.45) is 11.3 Å². The minimum absolute atomic E-state index is 0.0612. The standard InChI is InChI=1S/C12H23NO3S/c1-12(2,3)9-4-5-13(6-9)10-7-17(15,16)8-11(10)14/h9-11,14H,4-8H2,1-3H3. The third-order valence-electron chi connectivity index (χ3n) is 4.21. The van der Waals surface area contributed by atoms with Crippen molar-refractivity contribution >= 4 is 9.84 Å². The zero-order valence-corrected chi connectivity index (χ0v) is 11.7. The summed E-state index contributed by atoms with van der Waals surface area (Å²) in [6, 6.07) is -0.174. The molecular formula is C12H23NO3S. The number of hydrogen-bond acceptors (Lipinski definition) is 4. The van der Waals surface area contributed by atoms with Crippen molar-refractivity contribution in [3.63, 3.8) is 0 Å². The normalized spacial score (nSPS) is 38.7. The summed E-state index contributed by atoms with van der Waals surface area (Å²) in [4.78, 5) is 2.17. The van der Waals surface area contributed by atoms with Crippen LogP contribution in [0.25, 0.3) is 0 Å². The van der Waals surface area contributed by atoms with Crippen molar-refractivity contribution in [3.8, 4) is 0 Å². The Hall–Kier alpha value is -0.130. The van der Waals surface area contributed by atoms with Gasteiger partial charge in [-0.1, -0.05) is 20.8 Å². The molecule has 0 aromatic heterocycles. The molecule has 0 aromatic carbocycles. The van der Waals surface area contributed by atoms with E-state index < -0.39 is 15.9 Å². The first-order valence-electron chi connectivity index (χ1n) is 6.31.